The number of alkyl halides is 5. The van der Waals surface area contributed by atoms with Gasteiger partial charge in [0.1, 0.15) is 6.10 Å². The average molecular weight is 274 g/mol. The topological polar surface area (TPSA) is 35.5 Å². The normalized spacial score (nSPS) is 24.3. The molecule has 104 valence electrons. The molecular formula is C10H11F5O3. The summed E-state index contributed by atoms with van der Waals surface area (Å²) >= 11 is 0. The molecule has 1 rings (SSSR count). The van der Waals surface area contributed by atoms with Crippen LogP contribution in [0.3, 0.4) is 0 Å². The second-order valence-corrected chi connectivity index (χ2v) is 3.80. The van der Waals surface area contributed by atoms with Crippen molar-refractivity contribution in [2.24, 2.45) is 5.92 Å². The van der Waals surface area contributed by atoms with Gasteiger partial charge in [-0.3, -0.25) is 0 Å². The largest absolute Gasteiger partial charge is 0.463 e. The molecule has 0 N–H and O–H groups in total. The summed E-state index contributed by atoms with van der Waals surface area (Å²) < 4.78 is 70.8. The molecule has 0 aromatic carbocycles. The Bertz CT molecular complexity index is 326. The van der Waals surface area contributed by atoms with E-state index in [0.717, 1.165) is 6.08 Å². The third-order valence-electron chi connectivity index (χ3n) is 2.55. The molecule has 0 saturated carbocycles. The number of hydrogen-bond acceptors (Lipinski definition) is 3. The van der Waals surface area contributed by atoms with E-state index < -0.39 is 30.1 Å². The SMILES string of the molecule is C=CC(=O)OCCC1COC1C(F)(F)C(F)(F)F. The summed E-state index contributed by atoms with van der Waals surface area (Å²) in [7, 11) is 0. The molecule has 0 aliphatic carbocycles. The minimum absolute atomic E-state index is 0.115. The minimum Gasteiger partial charge on any atom is -0.463 e. The van der Waals surface area contributed by atoms with E-state index in [1.165, 1.54) is 0 Å². The van der Waals surface area contributed by atoms with Crippen LogP contribution in [0.4, 0.5) is 22.0 Å². The molecule has 0 bridgehead atoms. The Morgan fingerprint density at radius 2 is 2.00 bits per heavy atom. The highest BCUT2D eigenvalue weighted by Gasteiger charge is 2.67. The first-order chi connectivity index (χ1) is 8.20. The van der Waals surface area contributed by atoms with Gasteiger partial charge in [-0.1, -0.05) is 6.58 Å². The minimum atomic E-state index is -5.64. The van der Waals surface area contributed by atoms with Gasteiger partial charge >= 0.3 is 18.1 Å². The van der Waals surface area contributed by atoms with E-state index >= 15 is 0 Å². The lowest BCUT2D eigenvalue weighted by Crippen LogP contribution is -2.58. The Kier molecular flexibility index (Phi) is 4.31. The molecule has 8 heteroatoms. The third kappa shape index (κ3) is 2.98. The number of carbonyl (C=O) groups is 1. The molecule has 18 heavy (non-hydrogen) atoms. The lowest BCUT2D eigenvalue weighted by molar-refractivity contribution is -0.352. The summed E-state index contributed by atoms with van der Waals surface area (Å²) in [5.74, 6) is -6.63. The highest BCUT2D eigenvalue weighted by atomic mass is 19.4. The second-order valence-electron chi connectivity index (χ2n) is 3.80. The van der Waals surface area contributed by atoms with Gasteiger partial charge in [0.15, 0.2) is 0 Å². The molecule has 1 saturated heterocycles. The van der Waals surface area contributed by atoms with Gasteiger partial charge in [-0.05, 0) is 6.42 Å². The van der Waals surface area contributed by atoms with Crippen LogP contribution >= 0.6 is 0 Å². The highest BCUT2D eigenvalue weighted by Crippen LogP contribution is 2.45. The maximum absolute atomic E-state index is 12.9. The molecule has 0 aromatic rings. The summed E-state index contributed by atoms with van der Waals surface area (Å²) in [4.78, 5) is 10.6. The number of rotatable bonds is 5. The van der Waals surface area contributed by atoms with Crippen molar-refractivity contribution in [2.75, 3.05) is 13.2 Å². The summed E-state index contributed by atoms with van der Waals surface area (Å²) in [5, 5.41) is 0. The number of ether oxygens (including phenoxy) is 2. The van der Waals surface area contributed by atoms with Crippen molar-refractivity contribution in [3.8, 4) is 0 Å². The summed E-state index contributed by atoms with van der Waals surface area (Å²) in [6.07, 6.45) is -7.09. The maximum atomic E-state index is 12.9. The van der Waals surface area contributed by atoms with Gasteiger partial charge in [0, 0.05) is 12.0 Å². The van der Waals surface area contributed by atoms with E-state index in [1.54, 1.807) is 0 Å². The fourth-order valence-electron chi connectivity index (χ4n) is 1.50. The monoisotopic (exact) mass is 274 g/mol. The van der Waals surface area contributed by atoms with Gasteiger partial charge in [-0.2, -0.15) is 22.0 Å². The lowest BCUT2D eigenvalue weighted by Gasteiger charge is -2.41. The second kappa shape index (κ2) is 5.21. The van der Waals surface area contributed by atoms with Crippen molar-refractivity contribution >= 4 is 5.97 Å². The zero-order chi connectivity index (χ0) is 14.0. The van der Waals surface area contributed by atoms with Crippen LogP contribution in [0.2, 0.25) is 0 Å². The van der Waals surface area contributed by atoms with Crippen LogP contribution in [0.15, 0.2) is 12.7 Å². The van der Waals surface area contributed by atoms with Gasteiger partial charge in [0.2, 0.25) is 0 Å². The molecule has 1 fully saturated rings. The Hall–Kier alpha value is -1.18. The first kappa shape index (κ1) is 14.9. The first-order valence-electron chi connectivity index (χ1n) is 5.05. The zero-order valence-electron chi connectivity index (χ0n) is 9.18. The number of esters is 1. The molecule has 3 nitrogen and oxygen atoms in total. The molecule has 2 atom stereocenters. The van der Waals surface area contributed by atoms with Gasteiger partial charge in [0.25, 0.3) is 0 Å². The van der Waals surface area contributed by atoms with E-state index in [1.807, 2.05) is 0 Å². The number of hydrogen-bond donors (Lipinski definition) is 0. The van der Waals surface area contributed by atoms with Gasteiger partial charge in [0.05, 0.1) is 13.2 Å². The fraction of sp³-hybridized carbons (Fsp3) is 0.700. The summed E-state index contributed by atoms with van der Waals surface area (Å²) in [6.45, 7) is 2.66. The quantitative estimate of drug-likeness (QED) is 0.438. The van der Waals surface area contributed by atoms with Gasteiger partial charge < -0.3 is 9.47 Å². The van der Waals surface area contributed by atoms with Crippen molar-refractivity contribution in [3.63, 3.8) is 0 Å². The van der Waals surface area contributed by atoms with Crippen LogP contribution in [0.5, 0.6) is 0 Å². The molecule has 1 aliphatic rings. The zero-order valence-corrected chi connectivity index (χ0v) is 9.18. The highest BCUT2D eigenvalue weighted by molar-refractivity contribution is 5.81. The van der Waals surface area contributed by atoms with E-state index in [2.05, 4.69) is 16.1 Å². The van der Waals surface area contributed by atoms with Crippen LogP contribution in [0.1, 0.15) is 6.42 Å². The van der Waals surface area contributed by atoms with Crippen LogP contribution in [-0.4, -0.2) is 37.4 Å². The predicted molar refractivity (Wildman–Crippen MR) is 50.0 cm³/mol. The summed E-state index contributed by atoms with van der Waals surface area (Å²) in [5.41, 5.74) is 0. The van der Waals surface area contributed by atoms with E-state index in [9.17, 15) is 26.7 Å². The van der Waals surface area contributed by atoms with E-state index in [4.69, 9.17) is 0 Å². The van der Waals surface area contributed by atoms with E-state index in [0.29, 0.717) is 0 Å². The molecule has 0 amide bonds. The Morgan fingerprint density at radius 1 is 1.39 bits per heavy atom. The molecule has 0 radical (unpaired) electrons. The van der Waals surface area contributed by atoms with E-state index in [-0.39, 0.29) is 19.6 Å². The molecule has 1 aliphatic heterocycles. The van der Waals surface area contributed by atoms with Crippen LogP contribution in [-0.2, 0) is 14.3 Å². The van der Waals surface area contributed by atoms with Gasteiger partial charge in [-0.25, -0.2) is 4.79 Å². The summed E-state index contributed by atoms with van der Waals surface area (Å²) in [6, 6.07) is 0. The smallest absolute Gasteiger partial charge is 0.456 e. The molecular weight excluding hydrogens is 263 g/mol. The molecule has 0 aromatic heterocycles. The standard InChI is InChI=1S/C10H11F5O3/c1-2-7(16)17-4-3-6-5-18-8(6)9(11,12)10(13,14)15/h2,6,8H,1,3-5H2. The number of carbonyl (C=O) groups excluding carboxylic acids is 1. The lowest BCUT2D eigenvalue weighted by atomic mass is 9.89. The molecule has 1 heterocycles. The predicted octanol–water partition coefficient (Wildman–Crippen LogP) is 2.32. The van der Waals surface area contributed by atoms with Crippen molar-refractivity contribution < 1.29 is 36.2 Å². The Balaban J connectivity index is 2.46. The van der Waals surface area contributed by atoms with Crippen molar-refractivity contribution in [1.82, 2.24) is 0 Å². The average Bonchev–Trinajstić information content (AvgIpc) is 2.19. The first-order valence-corrected chi connectivity index (χ1v) is 5.05. The number of halogens is 5. The van der Waals surface area contributed by atoms with Crippen molar-refractivity contribution in [1.29, 1.82) is 0 Å². The maximum Gasteiger partial charge on any atom is 0.456 e. The van der Waals surface area contributed by atoms with Crippen molar-refractivity contribution in [2.45, 2.75) is 24.6 Å². The van der Waals surface area contributed by atoms with Gasteiger partial charge in [-0.15, -0.1) is 0 Å². The van der Waals surface area contributed by atoms with Crippen LogP contribution < -0.4 is 0 Å². The Morgan fingerprint density at radius 3 is 2.39 bits per heavy atom. The van der Waals surface area contributed by atoms with Crippen molar-refractivity contribution in [3.05, 3.63) is 12.7 Å². The Labute approximate surface area is 99.5 Å². The van der Waals surface area contributed by atoms with Crippen LogP contribution in [0.25, 0.3) is 0 Å². The molecule has 2 unspecified atom stereocenters. The molecule has 0 spiro atoms. The van der Waals surface area contributed by atoms with Crippen LogP contribution in [0, 0.1) is 5.92 Å². The fourth-order valence-corrected chi connectivity index (χ4v) is 1.50. The third-order valence-corrected chi connectivity index (χ3v) is 2.55.